The Morgan fingerprint density at radius 2 is 1.55 bits per heavy atom. The Morgan fingerprint density at radius 3 is 2.10 bits per heavy atom. The maximum Gasteiger partial charge on any atom is 0.573 e. The third-order valence-electron chi connectivity index (χ3n) is 7.54. The molecule has 1 aliphatic heterocycles. The number of hydrogen-bond acceptors (Lipinski definition) is 8. The first-order chi connectivity index (χ1) is 23.3. The normalized spacial score (nSPS) is 14.4. The minimum atomic E-state index is -4.99. The molecule has 0 radical (unpaired) electrons. The van der Waals surface area contributed by atoms with Gasteiger partial charge in [-0.15, -0.1) is 13.2 Å². The van der Waals surface area contributed by atoms with Crippen LogP contribution in [0.1, 0.15) is 48.3 Å². The number of rotatable bonds is 12. The summed E-state index contributed by atoms with van der Waals surface area (Å²) in [6, 6.07) is 11.6. The van der Waals surface area contributed by atoms with E-state index >= 15 is 0 Å². The number of halogens is 6. The van der Waals surface area contributed by atoms with E-state index in [-0.39, 0.29) is 17.7 Å². The number of anilines is 2. The predicted molar refractivity (Wildman–Crippen MR) is 168 cm³/mol. The molecule has 0 unspecified atom stereocenters. The number of amides is 1. The molecule has 10 nitrogen and oxygen atoms in total. The SMILES string of the molecule is CCOc1cc(CN2CCC(Nc3ncc(C(=O)Nc4ccc(OC(F)(F)F)cc4)c(C(F)(F)F)n3)CC2)cc(OCC)c1-n1cccc1. The van der Waals surface area contributed by atoms with Crippen molar-refractivity contribution in [1.82, 2.24) is 19.4 Å². The summed E-state index contributed by atoms with van der Waals surface area (Å²) < 4.78 is 96.8. The molecule has 1 saturated heterocycles. The first kappa shape index (κ1) is 35.3. The maximum absolute atomic E-state index is 14.0. The Labute approximate surface area is 278 Å². The van der Waals surface area contributed by atoms with E-state index in [1.807, 2.05) is 55.1 Å². The standard InChI is InChI=1S/C33H34F6N6O4/c1-3-47-26-17-21(18-27(48-4-2)28(26)45-13-5-6-14-45)20-44-15-11-23(12-16-44)42-31-40-19-25(29(43-31)32(34,35)36)30(46)41-22-7-9-24(10-8-22)49-33(37,38)39/h5-10,13-14,17-19,23H,3-4,11-12,15-16,20H2,1-2H3,(H,41,46)(H,40,42,43). The van der Waals surface area contributed by atoms with Gasteiger partial charge in [-0.2, -0.15) is 13.2 Å². The third-order valence-corrected chi connectivity index (χ3v) is 7.54. The van der Waals surface area contributed by atoms with Gasteiger partial charge >= 0.3 is 12.5 Å². The molecule has 4 aromatic rings. The van der Waals surface area contributed by atoms with Gasteiger partial charge in [0.15, 0.2) is 5.69 Å². The van der Waals surface area contributed by atoms with Crippen molar-refractivity contribution in [3.63, 3.8) is 0 Å². The average molecular weight is 693 g/mol. The Morgan fingerprint density at radius 1 is 0.939 bits per heavy atom. The van der Waals surface area contributed by atoms with Gasteiger partial charge in [-0.05, 0) is 80.8 Å². The fourth-order valence-corrected chi connectivity index (χ4v) is 5.45. The number of benzene rings is 2. The van der Waals surface area contributed by atoms with Gasteiger partial charge in [0.1, 0.15) is 22.9 Å². The highest BCUT2D eigenvalue weighted by atomic mass is 19.4. The van der Waals surface area contributed by atoms with Crippen LogP contribution < -0.4 is 24.8 Å². The lowest BCUT2D eigenvalue weighted by molar-refractivity contribution is -0.274. The third kappa shape index (κ3) is 9.34. The van der Waals surface area contributed by atoms with Crippen LogP contribution in [0.5, 0.6) is 17.2 Å². The molecule has 0 saturated carbocycles. The van der Waals surface area contributed by atoms with Crippen molar-refractivity contribution in [2.24, 2.45) is 0 Å². The van der Waals surface area contributed by atoms with Gasteiger partial charge in [-0.3, -0.25) is 9.69 Å². The molecule has 0 bridgehead atoms. The Balaban J connectivity index is 1.22. The number of nitrogens with zero attached hydrogens (tertiary/aromatic N) is 4. The molecule has 1 fully saturated rings. The zero-order valence-electron chi connectivity index (χ0n) is 26.6. The topological polar surface area (TPSA) is 103 Å². The van der Waals surface area contributed by atoms with E-state index in [1.54, 1.807) is 0 Å². The highest BCUT2D eigenvalue weighted by Gasteiger charge is 2.38. The first-order valence-corrected chi connectivity index (χ1v) is 15.5. The molecule has 49 heavy (non-hydrogen) atoms. The molecule has 5 rings (SSSR count). The first-order valence-electron chi connectivity index (χ1n) is 15.5. The smallest absolute Gasteiger partial charge is 0.492 e. The molecule has 3 heterocycles. The number of alkyl halides is 6. The Hall–Kier alpha value is -4.99. The monoisotopic (exact) mass is 692 g/mol. The van der Waals surface area contributed by atoms with Crippen LogP contribution in [0.2, 0.25) is 0 Å². The second-order valence-electron chi connectivity index (χ2n) is 11.1. The number of hydrogen-bond donors (Lipinski definition) is 2. The van der Waals surface area contributed by atoms with Crippen molar-refractivity contribution < 1.29 is 45.3 Å². The van der Waals surface area contributed by atoms with Crippen LogP contribution in [0, 0.1) is 0 Å². The zero-order chi connectivity index (χ0) is 35.2. The molecule has 0 atom stereocenters. The van der Waals surface area contributed by atoms with Crippen LogP contribution in [0.15, 0.2) is 67.1 Å². The molecule has 262 valence electrons. The zero-order valence-corrected chi connectivity index (χ0v) is 26.6. The lowest BCUT2D eigenvalue weighted by Crippen LogP contribution is -2.39. The van der Waals surface area contributed by atoms with E-state index < -0.39 is 35.5 Å². The number of carbonyl (C=O) groups excluding carboxylic acids is 1. The summed E-state index contributed by atoms with van der Waals surface area (Å²) in [6.07, 6.45) is -4.10. The largest absolute Gasteiger partial charge is 0.573 e. The summed E-state index contributed by atoms with van der Waals surface area (Å²) in [4.78, 5) is 22.6. The predicted octanol–water partition coefficient (Wildman–Crippen LogP) is 7.31. The van der Waals surface area contributed by atoms with Crippen molar-refractivity contribution >= 4 is 17.5 Å². The lowest BCUT2D eigenvalue weighted by atomic mass is 10.0. The van der Waals surface area contributed by atoms with Crippen molar-refractivity contribution in [3.05, 3.63) is 83.9 Å². The Kier molecular flexibility index (Phi) is 10.9. The summed E-state index contributed by atoms with van der Waals surface area (Å²) in [7, 11) is 0. The van der Waals surface area contributed by atoms with Crippen LogP contribution in [-0.2, 0) is 12.7 Å². The minimum Gasteiger partial charge on any atom is -0.492 e. The molecular weight excluding hydrogens is 658 g/mol. The van der Waals surface area contributed by atoms with Crippen LogP contribution in [0.25, 0.3) is 5.69 Å². The quantitative estimate of drug-likeness (QED) is 0.149. The summed E-state index contributed by atoms with van der Waals surface area (Å²) in [5.41, 5.74) is -0.538. The van der Waals surface area contributed by atoms with Crippen molar-refractivity contribution in [3.8, 4) is 22.9 Å². The van der Waals surface area contributed by atoms with Gasteiger partial charge < -0.3 is 29.4 Å². The highest BCUT2D eigenvalue weighted by Crippen LogP contribution is 2.36. The van der Waals surface area contributed by atoms with E-state index in [9.17, 15) is 31.1 Å². The minimum absolute atomic E-state index is 0.0540. The van der Waals surface area contributed by atoms with Gasteiger partial charge in [0.25, 0.3) is 5.91 Å². The fraction of sp³-hybridized carbons (Fsp3) is 0.364. The molecular formula is C33H34F6N6O4. The van der Waals surface area contributed by atoms with Crippen molar-refractivity contribution in [2.45, 2.75) is 51.8 Å². The van der Waals surface area contributed by atoms with Crippen molar-refractivity contribution in [2.75, 3.05) is 36.9 Å². The van der Waals surface area contributed by atoms with Gasteiger partial charge in [0, 0.05) is 50.0 Å². The molecule has 0 aliphatic carbocycles. The molecule has 1 amide bonds. The van der Waals surface area contributed by atoms with Gasteiger partial charge in [-0.1, -0.05) is 0 Å². The van der Waals surface area contributed by atoms with Crippen LogP contribution in [0.3, 0.4) is 0 Å². The molecule has 2 aromatic carbocycles. The van der Waals surface area contributed by atoms with Crippen LogP contribution in [0.4, 0.5) is 38.0 Å². The Bertz CT molecular complexity index is 1680. The number of aromatic nitrogens is 3. The number of likely N-dealkylation sites (tertiary alicyclic amines) is 1. The summed E-state index contributed by atoms with van der Waals surface area (Å²) in [5, 5.41) is 5.18. The lowest BCUT2D eigenvalue weighted by Gasteiger charge is -2.32. The van der Waals surface area contributed by atoms with E-state index in [4.69, 9.17) is 9.47 Å². The van der Waals surface area contributed by atoms with Gasteiger partial charge in [0.05, 0.1) is 18.8 Å². The number of carbonyl (C=O) groups is 1. The van der Waals surface area contributed by atoms with Gasteiger partial charge in [0.2, 0.25) is 5.95 Å². The number of piperidine rings is 1. The highest BCUT2D eigenvalue weighted by molar-refractivity contribution is 6.05. The van der Waals surface area contributed by atoms with Crippen LogP contribution in [-0.4, -0.2) is 64.0 Å². The fourth-order valence-electron chi connectivity index (χ4n) is 5.45. The number of nitrogens with one attached hydrogen (secondary N) is 2. The van der Waals surface area contributed by atoms with Gasteiger partial charge in [-0.25, -0.2) is 9.97 Å². The van der Waals surface area contributed by atoms with E-state index in [1.165, 1.54) is 0 Å². The second kappa shape index (κ2) is 15.1. The maximum atomic E-state index is 14.0. The summed E-state index contributed by atoms with van der Waals surface area (Å²) >= 11 is 0. The molecule has 0 spiro atoms. The molecule has 2 N–H and O–H groups in total. The number of ether oxygens (including phenoxy) is 3. The summed E-state index contributed by atoms with van der Waals surface area (Å²) in [5.74, 6) is -0.629. The van der Waals surface area contributed by atoms with Crippen LogP contribution >= 0.6 is 0 Å². The van der Waals surface area contributed by atoms with E-state index in [0.717, 1.165) is 41.7 Å². The molecule has 16 heteroatoms. The summed E-state index contributed by atoms with van der Waals surface area (Å²) in [6.45, 7) is 6.67. The van der Waals surface area contributed by atoms with E-state index in [2.05, 4.69) is 30.2 Å². The molecule has 1 aliphatic rings. The second-order valence-corrected chi connectivity index (χ2v) is 11.1. The van der Waals surface area contributed by atoms with E-state index in [0.29, 0.717) is 57.2 Å². The van der Waals surface area contributed by atoms with Crippen molar-refractivity contribution in [1.29, 1.82) is 0 Å². The average Bonchev–Trinajstić information content (AvgIpc) is 3.57. The molecule has 2 aromatic heterocycles.